The van der Waals surface area contributed by atoms with Gasteiger partial charge in [-0.1, -0.05) is 24.6 Å². The molecular formula is C15H20N2O. The lowest BCUT2D eigenvalue weighted by Gasteiger charge is -2.31. The smallest absolute Gasteiger partial charge is 0.127 e. The number of likely N-dealkylation sites (tertiary alicyclic amines) is 1. The summed E-state index contributed by atoms with van der Waals surface area (Å²) < 4.78 is 5.63. The molecule has 1 aromatic rings. The number of para-hydroxylation sites is 1. The molecule has 3 heteroatoms. The molecule has 0 spiro atoms. The van der Waals surface area contributed by atoms with Gasteiger partial charge in [0.25, 0.3) is 0 Å². The minimum absolute atomic E-state index is 0.173. The third-order valence-corrected chi connectivity index (χ3v) is 3.39. The minimum Gasteiger partial charge on any atom is -0.493 e. The molecule has 1 atom stereocenters. The van der Waals surface area contributed by atoms with Crippen LogP contribution in [0.15, 0.2) is 24.3 Å². The summed E-state index contributed by atoms with van der Waals surface area (Å²) in [5, 5.41) is 9.48. The molecule has 1 aliphatic rings. The van der Waals surface area contributed by atoms with Crippen molar-refractivity contribution < 1.29 is 4.74 Å². The number of benzene rings is 1. The van der Waals surface area contributed by atoms with Crippen LogP contribution in [0.1, 0.15) is 37.8 Å². The number of nitrogens with zero attached hydrogens (tertiary/aromatic N) is 2. The van der Waals surface area contributed by atoms with E-state index in [0.717, 1.165) is 24.4 Å². The van der Waals surface area contributed by atoms with Crippen LogP contribution < -0.4 is 4.74 Å². The van der Waals surface area contributed by atoms with Crippen LogP contribution in [0.4, 0.5) is 0 Å². The SMILES string of the molecule is CCOc1ccccc1C(C#N)N1CCCCC1. The van der Waals surface area contributed by atoms with E-state index in [1.165, 1.54) is 19.3 Å². The number of nitriles is 1. The first-order valence-electron chi connectivity index (χ1n) is 6.72. The van der Waals surface area contributed by atoms with Gasteiger partial charge < -0.3 is 4.74 Å². The van der Waals surface area contributed by atoms with Gasteiger partial charge in [-0.05, 0) is 38.9 Å². The molecule has 0 aliphatic carbocycles. The quantitative estimate of drug-likeness (QED) is 0.816. The zero-order chi connectivity index (χ0) is 12.8. The van der Waals surface area contributed by atoms with Crippen LogP contribution in [0, 0.1) is 11.3 Å². The number of piperidine rings is 1. The molecule has 1 aromatic carbocycles. The summed E-state index contributed by atoms with van der Waals surface area (Å²) in [6, 6.07) is 10.2. The second-order valence-corrected chi connectivity index (χ2v) is 4.60. The van der Waals surface area contributed by atoms with E-state index in [1.807, 2.05) is 31.2 Å². The predicted octanol–water partition coefficient (Wildman–Crippen LogP) is 3.14. The van der Waals surface area contributed by atoms with Crippen LogP contribution in [-0.4, -0.2) is 24.6 Å². The molecule has 1 heterocycles. The van der Waals surface area contributed by atoms with Crippen LogP contribution >= 0.6 is 0 Å². The molecule has 2 rings (SSSR count). The van der Waals surface area contributed by atoms with Crippen LogP contribution in [0.3, 0.4) is 0 Å². The largest absolute Gasteiger partial charge is 0.493 e. The Morgan fingerprint density at radius 1 is 1.28 bits per heavy atom. The second kappa shape index (κ2) is 6.42. The summed E-state index contributed by atoms with van der Waals surface area (Å²) in [4.78, 5) is 2.27. The maximum absolute atomic E-state index is 9.48. The Labute approximate surface area is 109 Å². The lowest BCUT2D eigenvalue weighted by atomic mass is 10.0. The number of rotatable bonds is 4. The highest BCUT2D eigenvalue weighted by Crippen LogP contribution is 2.30. The van der Waals surface area contributed by atoms with Crippen molar-refractivity contribution >= 4 is 0 Å². The fourth-order valence-electron chi connectivity index (χ4n) is 2.52. The first-order chi connectivity index (χ1) is 8.86. The van der Waals surface area contributed by atoms with Gasteiger partial charge in [0.15, 0.2) is 0 Å². The molecular weight excluding hydrogens is 224 g/mol. The van der Waals surface area contributed by atoms with Gasteiger partial charge >= 0.3 is 0 Å². The van der Waals surface area contributed by atoms with E-state index in [-0.39, 0.29) is 6.04 Å². The van der Waals surface area contributed by atoms with Gasteiger partial charge in [0.05, 0.1) is 12.7 Å². The van der Waals surface area contributed by atoms with Gasteiger partial charge in [0.2, 0.25) is 0 Å². The van der Waals surface area contributed by atoms with Gasteiger partial charge in [-0.15, -0.1) is 0 Å². The summed E-state index contributed by atoms with van der Waals surface area (Å²) >= 11 is 0. The molecule has 1 unspecified atom stereocenters. The first kappa shape index (κ1) is 12.9. The summed E-state index contributed by atoms with van der Waals surface area (Å²) in [6.45, 7) is 4.63. The Bertz CT molecular complexity index is 419. The molecule has 0 radical (unpaired) electrons. The van der Waals surface area contributed by atoms with Crippen molar-refractivity contribution in [2.45, 2.75) is 32.2 Å². The van der Waals surface area contributed by atoms with Gasteiger partial charge in [-0.2, -0.15) is 5.26 Å². The zero-order valence-corrected chi connectivity index (χ0v) is 10.9. The van der Waals surface area contributed by atoms with E-state index < -0.39 is 0 Å². The van der Waals surface area contributed by atoms with Crippen molar-refractivity contribution in [3.63, 3.8) is 0 Å². The number of hydrogen-bond acceptors (Lipinski definition) is 3. The first-order valence-corrected chi connectivity index (χ1v) is 6.72. The molecule has 0 saturated carbocycles. The average molecular weight is 244 g/mol. The molecule has 1 fully saturated rings. The summed E-state index contributed by atoms with van der Waals surface area (Å²) in [6.07, 6.45) is 3.66. The van der Waals surface area contributed by atoms with Crippen molar-refractivity contribution in [3.05, 3.63) is 29.8 Å². The van der Waals surface area contributed by atoms with E-state index in [4.69, 9.17) is 4.74 Å². The monoisotopic (exact) mass is 244 g/mol. The predicted molar refractivity (Wildman–Crippen MR) is 71.4 cm³/mol. The fourth-order valence-corrected chi connectivity index (χ4v) is 2.52. The molecule has 3 nitrogen and oxygen atoms in total. The van der Waals surface area contributed by atoms with E-state index >= 15 is 0 Å². The highest BCUT2D eigenvalue weighted by molar-refractivity contribution is 5.38. The Hall–Kier alpha value is -1.53. The summed E-state index contributed by atoms with van der Waals surface area (Å²) in [5.41, 5.74) is 1.00. The normalized spacial score (nSPS) is 18.0. The van der Waals surface area contributed by atoms with Crippen LogP contribution in [0.25, 0.3) is 0 Å². The molecule has 1 aliphatic heterocycles. The van der Waals surface area contributed by atoms with Crippen LogP contribution in [-0.2, 0) is 0 Å². The Morgan fingerprint density at radius 2 is 2.00 bits per heavy atom. The van der Waals surface area contributed by atoms with Crippen LogP contribution in [0.5, 0.6) is 5.75 Å². The van der Waals surface area contributed by atoms with E-state index in [9.17, 15) is 5.26 Å². The summed E-state index contributed by atoms with van der Waals surface area (Å²) in [7, 11) is 0. The maximum Gasteiger partial charge on any atom is 0.127 e. The van der Waals surface area contributed by atoms with Crippen molar-refractivity contribution in [2.75, 3.05) is 19.7 Å². The molecule has 0 amide bonds. The number of hydrogen-bond donors (Lipinski definition) is 0. The standard InChI is InChI=1S/C15H20N2O/c1-2-18-15-9-5-4-8-13(15)14(12-16)17-10-6-3-7-11-17/h4-5,8-9,14H,2-3,6-7,10-11H2,1H3. The number of ether oxygens (including phenoxy) is 1. The van der Waals surface area contributed by atoms with E-state index in [2.05, 4.69) is 11.0 Å². The van der Waals surface area contributed by atoms with Crippen molar-refractivity contribution in [2.24, 2.45) is 0 Å². The van der Waals surface area contributed by atoms with Gasteiger partial charge in [-0.3, -0.25) is 4.90 Å². The minimum atomic E-state index is -0.173. The molecule has 18 heavy (non-hydrogen) atoms. The molecule has 96 valence electrons. The lowest BCUT2D eigenvalue weighted by Crippen LogP contribution is -2.33. The molecule has 0 N–H and O–H groups in total. The Balaban J connectivity index is 2.23. The topological polar surface area (TPSA) is 36.3 Å². The lowest BCUT2D eigenvalue weighted by molar-refractivity contribution is 0.192. The third kappa shape index (κ3) is 2.83. The molecule has 1 saturated heterocycles. The summed E-state index contributed by atoms with van der Waals surface area (Å²) in [5.74, 6) is 0.845. The zero-order valence-electron chi connectivity index (χ0n) is 10.9. The van der Waals surface area contributed by atoms with Crippen LogP contribution in [0.2, 0.25) is 0 Å². The van der Waals surface area contributed by atoms with Gasteiger partial charge in [-0.25, -0.2) is 0 Å². The third-order valence-electron chi connectivity index (χ3n) is 3.39. The van der Waals surface area contributed by atoms with E-state index in [1.54, 1.807) is 0 Å². The molecule has 0 aromatic heterocycles. The van der Waals surface area contributed by atoms with Gasteiger partial charge in [0, 0.05) is 5.56 Å². The highest BCUT2D eigenvalue weighted by atomic mass is 16.5. The highest BCUT2D eigenvalue weighted by Gasteiger charge is 2.24. The van der Waals surface area contributed by atoms with Gasteiger partial charge in [0.1, 0.15) is 11.8 Å². The molecule has 0 bridgehead atoms. The van der Waals surface area contributed by atoms with Crippen molar-refractivity contribution in [1.29, 1.82) is 5.26 Å². The fraction of sp³-hybridized carbons (Fsp3) is 0.533. The van der Waals surface area contributed by atoms with E-state index in [0.29, 0.717) is 6.61 Å². The average Bonchev–Trinajstić information content (AvgIpc) is 2.43. The maximum atomic E-state index is 9.48. The van der Waals surface area contributed by atoms with Crippen molar-refractivity contribution in [1.82, 2.24) is 4.90 Å². The second-order valence-electron chi connectivity index (χ2n) is 4.60. The Morgan fingerprint density at radius 3 is 2.67 bits per heavy atom. The Kier molecular flexibility index (Phi) is 4.60. The van der Waals surface area contributed by atoms with Crippen molar-refractivity contribution in [3.8, 4) is 11.8 Å².